The van der Waals surface area contributed by atoms with Crippen molar-refractivity contribution >= 4 is 15.7 Å². The molecule has 3 N–H and O–H groups in total. The standard InChI is InChI=1S/C14H22N2O4S/c1-10(2)8-11-9-20-13-5-3-4-12(15-6-7-17)14(13)21(18,19)16-11/h3-5,10-11,15-17H,6-9H2,1-2H3/t11-/m1/s1. The topological polar surface area (TPSA) is 87.7 Å². The quantitative estimate of drug-likeness (QED) is 0.759. The molecule has 1 aromatic rings. The Balaban J connectivity index is 2.36. The van der Waals surface area contributed by atoms with Gasteiger partial charge in [-0.2, -0.15) is 0 Å². The summed E-state index contributed by atoms with van der Waals surface area (Å²) in [6.07, 6.45) is 0.715. The molecule has 0 saturated carbocycles. The van der Waals surface area contributed by atoms with Gasteiger partial charge in [0.1, 0.15) is 17.3 Å². The Hall–Kier alpha value is -1.31. The van der Waals surface area contributed by atoms with E-state index in [2.05, 4.69) is 10.0 Å². The number of hydrogen-bond acceptors (Lipinski definition) is 5. The Bertz CT molecular complexity index is 587. The van der Waals surface area contributed by atoms with Gasteiger partial charge >= 0.3 is 0 Å². The molecule has 6 nitrogen and oxygen atoms in total. The lowest BCUT2D eigenvalue weighted by molar-refractivity contribution is 0.262. The molecule has 0 amide bonds. The predicted molar refractivity (Wildman–Crippen MR) is 81.1 cm³/mol. The van der Waals surface area contributed by atoms with Gasteiger partial charge in [-0.15, -0.1) is 0 Å². The number of ether oxygens (including phenoxy) is 1. The molecule has 0 spiro atoms. The molecule has 118 valence electrons. The summed E-state index contributed by atoms with van der Waals surface area (Å²) in [7, 11) is -3.65. The molecule has 0 unspecified atom stereocenters. The minimum absolute atomic E-state index is 0.0754. The van der Waals surface area contributed by atoms with E-state index in [1.54, 1.807) is 18.2 Å². The number of sulfonamides is 1. The molecule has 1 aliphatic rings. The van der Waals surface area contributed by atoms with Gasteiger partial charge in [0.25, 0.3) is 0 Å². The maximum atomic E-state index is 12.6. The zero-order valence-electron chi connectivity index (χ0n) is 12.3. The van der Waals surface area contributed by atoms with Gasteiger partial charge in [0.15, 0.2) is 0 Å². The van der Waals surface area contributed by atoms with Crippen LogP contribution in [-0.4, -0.2) is 39.3 Å². The Morgan fingerprint density at radius 1 is 1.48 bits per heavy atom. The first-order valence-corrected chi connectivity index (χ1v) is 8.55. The van der Waals surface area contributed by atoms with Gasteiger partial charge in [-0.25, -0.2) is 13.1 Å². The SMILES string of the molecule is CC(C)C[C@@H]1COc2cccc(NCCO)c2S(=O)(=O)N1. The van der Waals surface area contributed by atoms with E-state index in [0.717, 1.165) is 0 Å². The van der Waals surface area contributed by atoms with E-state index in [-0.39, 0.29) is 24.1 Å². The molecule has 2 rings (SSSR count). The Morgan fingerprint density at radius 3 is 2.90 bits per heavy atom. The highest BCUT2D eigenvalue weighted by atomic mass is 32.2. The first-order chi connectivity index (χ1) is 9.94. The largest absolute Gasteiger partial charge is 0.490 e. The van der Waals surface area contributed by atoms with E-state index >= 15 is 0 Å². The average molecular weight is 314 g/mol. The Morgan fingerprint density at radius 2 is 2.24 bits per heavy atom. The second-order valence-corrected chi connectivity index (χ2v) is 7.19. The van der Waals surface area contributed by atoms with E-state index in [9.17, 15) is 8.42 Å². The number of benzene rings is 1. The van der Waals surface area contributed by atoms with Crippen molar-refractivity contribution < 1.29 is 18.3 Å². The summed E-state index contributed by atoms with van der Waals surface area (Å²) in [5.74, 6) is 0.714. The molecule has 0 bridgehead atoms. The first kappa shape index (κ1) is 16.1. The maximum Gasteiger partial charge on any atom is 0.246 e. The first-order valence-electron chi connectivity index (χ1n) is 7.07. The van der Waals surface area contributed by atoms with Crippen molar-refractivity contribution in [2.24, 2.45) is 5.92 Å². The molecule has 21 heavy (non-hydrogen) atoms. The monoisotopic (exact) mass is 314 g/mol. The van der Waals surface area contributed by atoms with Crippen LogP contribution in [0.3, 0.4) is 0 Å². The van der Waals surface area contributed by atoms with Crippen molar-refractivity contribution in [3.63, 3.8) is 0 Å². The molecule has 0 aliphatic carbocycles. The average Bonchev–Trinajstić information content (AvgIpc) is 2.53. The zero-order valence-corrected chi connectivity index (χ0v) is 13.1. The van der Waals surface area contributed by atoms with Crippen LogP contribution in [0.4, 0.5) is 5.69 Å². The van der Waals surface area contributed by atoms with Crippen molar-refractivity contribution in [1.82, 2.24) is 4.72 Å². The zero-order chi connectivity index (χ0) is 15.5. The van der Waals surface area contributed by atoms with Crippen LogP contribution in [0.5, 0.6) is 5.75 Å². The van der Waals surface area contributed by atoms with Gasteiger partial charge in [-0.3, -0.25) is 0 Å². The molecular weight excluding hydrogens is 292 g/mol. The van der Waals surface area contributed by atoms with Crippen molar-refractivity contribution in [3.05, 3.63) is 18.2 Å². The normalized spacial score (nSPS) is 20.5. The lowest BCUT2D eigenvalue weighted by Gasteiger charge is -2.16. The van der Waals surface area contributed by atoms with Gasteiger partial charge in [-0.05, 0) is 24.5 Å². The maximum absolute atomic E-state index is 12.6. The predicted octanol–water partition coefficient (Wildman–Crippen LogP) is 1.18. The molecule has 0 saturated heterocycles. The summed E-state index contributed by atoms with van der Waals surface area (Å²) in [6.45, 7) is 4.60. The van der Waals surface area contributed by atoms with Gasteiger partial charge < -0.3 is 15.2 Å². The molecule has 0 radical (unpaired) electrons. The lowest BCUT2D eigenvalue weighted by Crippen LogP contribution is -2.37. The minimum Gasteiger partial charge on any atom is -0.490 e. The second-order valence-electron chi connectivity index (χ2n) is 5.54. The molecule has 0 aromatic heterocycles. The van der Waals surface area contributed by atoms with E-state index in [4.69, 9.17) is 9.84 Å². The number of anilines is 1. The summed E-state index contributed by atoms with van der Waals surface area (Å²) in [5.41, 5.74) is 0.444. The van der Waals surface area contributed by atoms with Crippen LogP contribution >= 0.6 is 0 Å². The van der Waals surface area contributed by atoms with E-state index < -0.39 is 10.0 Å². The van der Waals surface area contributed by atoms with E-state index in [1.807, 2.05) is 13.8 Å². The molecule has 1 aliphatic heterocycles. The summed E-state index contributed by atoms with van der Waals surface area (Å²) < 4.78 is 33.5. The highest BCUT2D eigenvalue weighted by molar-refractivity contribution is 7.89. The van der Waals surface area contributed by atoms with Crippen molar-refractivity contribution in [2.75, 3.05) is 25.1 Å². The van der Waals surface area contributed by atoms with Crippen LogP contribution in [0.15, 0.2) is 23.1 Å². The fraction of sp³-hybridized carbons (Fsp3) is 0.571. The summed E-state index contributed by atoms with van der Waals surface area (Å²) in [6, 6.07) is 4.81. The highest BCUT2D eigenvalue weighted by Gasteiger charge is 2.31. The van der Waals surface area contributed by atoms with Crippen LogP contribution < -0.4 is 14.8 Å². The molecular formula is C14H22N2O4S. The number of nitrogens with one attached hydrogen (secondary N) is 2. The number of rotatable bonds is 5. The molecule has 7 heteroatoms. The van der Waals surface area contributed by atoms with Crippen molar-refractivity contribution in [3.8, 4) is 5.75 Å². The fourth-order valence-corrected chi connectivity index (χ4v) is 3.97. The van der Waals surface area contributed by atoms with E-state index in [1.165, 1.54) is 0 Å². The number of hydrogen-bond donors (Lipinski definition) is 3. The third-order valence-corrected chi connectivity index (χ3v) is 4.79. The molecule has 1 aromatic carbocycles. The van der Waals surface area contributed by atoms with Gasteiger partial charge in [0.2, 0.25) is 10.0 Å². The molecule has 1 atom stereocenters. The fourth-order valence-electron chi connectivity index (χ4n) is 2.42. The molecule has 1 heterocycles. The third-order valence-electron chi connectivity index (χ3n) is 3.19. The smallest absolute Gasteiger partial charge is 0.246 e. The summed E-state index contributed by atoms with van der Waals surface area (Å²) in [4.78, 5) is 0.115. The van der Waals surface area contributed by atoms with Gasteiger partial charge in [-0.1, -0.05) is 19.9 Å². The molecule has 0 fully saturated rings. The third kappa shape index (κ3) is 3.87. The van der Waals surface area contributed by atoms with Crippen LogP contribution in [0.1, 0.15) is 20.3 Å². The lowest BCUT2D eigenvalue weighted by atomic mass is 10.1. The highest BCUT2D eigenvalue weighted by Crippen LogP contribution is 2.33. The number of aliphatic hydroxyl groups is 1. The second kappa shape index (κ2) is 6.64. The Kier molecular flexibility index (Phi) is 5.08. The van der Waals surface area contributed by atoms with Crippen LogP contribution in [0.25, 0.3) is 0 Å². The van der Waals surface area contributed by atoms with Gasteiger partial charge in [0, 0.05) is 6.54 Å². The number of aliphatic hydroxyl groups excluding tert-OH is 1. The van der Waals surface area contributed by atoms with Gasteiger partial charge in [0.05, 0.1) is 18.3 Å². The van der Waals surface area contributed by atoms with Crippen molar-refractivity contribution in [1.29, 1.82) is 0 Å². The van der Waals surface area contributed by atoms with Crippen LogP contribution in [0.2, 0.25) is 0 Å². The Labute approximate surface area is 125 Å². The summed E-state index contributed by atoms with van der Waals surface area (Å²) >= 11 is 0. The van der Waals surface area contributed by atoms with Crippen molar-refractivity contribution in [2.45, 2.75) is 31.2 Å². The van der Waals surface area contributed by atoms with Crippen LogP contribution in [0, 0.1) is 5.92 Å². The minimum atomic E-state index is -3.65. The summed E-state index contributed by atoms with van der Waals surface area (Å²) in [5, 5.41) is 11.8. The van der Waals surface area contributed by atoms with E-state index in [0.29, 0.717) is 30.4 Å². The van der Waals surface area contributed by atoms with Crippen LogP contribution in [-0.2, 0) is 10.0 Å². The number of fused-ring (bicyclic) bond motifs is 1.